The zero-order valence-corrected chi connectivity index (χ0v) is 12.2. The van der Waals surface area contributed by atoms with Gasteiger partial charge in [-0.15, -0.1) is 0 Å². The number of hydrogen-bond donors (Lipinski definition) is 0. The minimum Gasteiger partial charge on any atom is -0.466 e. The third-order valence-corrected chi connectivity index (χ3v) is 3.46. The van der Waals surface area contributed by atoms with Crippen LogP contribution < -0.4 is 0 Å². The average Bonchev–Trinajstić information content (AvgIpc) is 2.28. The Balaban J connectivity index is 2.98. The highest BCUT2D eigenvalue weighted by Gasteiger charge is 2.19. The van der Waals surface area contributed by atoms with Crippen molar-refractivity contribution in [2.24, 2.45) is 0 Å². The Morgan fingerprint density at radius 3 is 2.44 bits per heavy atom. The van der Waals surface area contributed by atoms with Gasteiger partial charge < -0.3 is 4.74 Å². The summed E-state index contributed by atoms with van der Waals surface area (Å²) >= 11 is 0. The summed E-state index contributed by atoms with van der Waals surface area (Å²) in [7, 11) is 0. The third-order valence-electron chi connectivity index (χ3n) is 3.46. The van der Waals surface area contributed by atoms with Gasteiger partial charge in [0.25, 0.3) is 0 Å². The molecule has 0 heterocycles. The fraction of sp³-hybridized carbons (Fsp3) is 0.562. The van der Waals surface area contributed by atoms with E-state index in [0.717, 1.165) is 12.0 Å². The minimum absolute atomic E-state index is 0.148. The van der Waals surface area contributed by atoms with Gasteiger partial charge in [-0.2, -0.15) is 0 Å². The normalized spacial score (nSPS) is 11.4. The second-order valence-electron chi connectivity index (χ2n) is 5.43. The Bertz CT molecular complexity index is 419. The number of carbonyl (C=O) groups excluding carboxylic acids is 1. The maximum Gasteiger partial charge on any atom is 0.310 e. The molecule has 0 aromatic heterocycles. The summed E-state index contributed by atoms with van der Waals surface area (Å²) in [6.07, 6.45) is 1.44. The summed E-state index contributed by atoms with van der Waals surface area (Å²) in [4.78, 5) is 11.5. The number of aryl methyl sites for hydroxylation is 1. The molecule has 0 radical (unpaired) electrons. The number of esters is 1. The van der Waals surface area contributed by atoms with Crippen molar-refractivity contribution in [3.63, 3.8) is 0 Å². The Labute approximate surface area is 110 Å². The van der Waals surface area contributed by atoms with Gasteiger partial charge in [0.15, 0.2) is 0 Å². The molecule has 18 heavy (non-hydrogen) atoms. The molecule has 0 atom stereocenters. The summed E-state index contributed by atoms with van der Waals surface area (Å²) in [5, 5.41) is 0. The molecule has 0 N–H and O–H groups in total. The molecule has 0 saturated heterocycles. The summed E-state index contributed by atoms with van der Waals surface area (Å²) in [6.45, 7) is 11.0. The van der Waals surface area contributed by atoms with Gasteiger partial charge in [0.2, 0.25) is 0 Å². The van der Waals surface area contributed by atoms with Crippen LogP contribution in [0, 0.1) is 6.92 Å². The predicted octanol–water partition coefficient (Wildman–Crippen LogP) is 3.79. The van der Waals surface area contributed by atoms with Crippen molar-refractivity contribution in [2.45, 2.75) is 52.9 Å². The fourth-order valence-electron chi connectivity index (χ4n) is 1.94. The number of ether oxygens (including phenoxy) is 1. The first-order valence-corrected chi connectivity index (χ1v) is 6.65. The molecule has 0 aliphatic rings. The van der Waals surface area contributed by atoms with Crippen LogP contribution in [0.15, 0.2) is 18.2 Å². The standard InChI is InChI=1S/C16H24O2/c1-6-16(4,5)14-9-12(3)8-13(10-14)11-15(17)18-7-2/h8-10H,6-7,11H2,1-5H3. The van der Waals surface area contributed by atoms with Crippen LogP contribution in [0.5, 0.6) is 0 Å². The lowest BCUT2D eigenvalue weighted by Gasteiger charge is -2.24. The van der Waals surface area contributed by atoms with Crippen LogP contribution in [-0.2, 0) is 21.4 Å². The zero-order valence-electron chi connectivity index (χ0n) is 12.2. The van der Waals surface area contributed by atoms with Crippen molar-refractivity contribution in [3.05, 3.63) is 34.9 Å². The van der Waals surface area contributed by atoms with Crippen LogP contribution in [-0.4, -0.2) is 12.6 Å². The highest BCUT2D eigenvalue weighted by Crippen LogP contribution is 2.28. The van der Waals surface area contributed by atoms with Gasteiger partial charge in [-0.3, -0.25) is 4.79 Å². The predicted molar refractivity (Wildman–Crippen MR) is 74.8 cm³/mol. The molecule has 0 fully saturated rings. The van der Waals surface area contributed by atoms with Crippen LogP contribution >= 0.6 is 0 Å². The van der Waals surface area contributed by atoms with Gasteiger partial charge in [-0.1, -0.05) is 44.5 Å². The average molecular weight is 248 g/mol. The van der Waals surface area contributed by atoms with E-state index in [9.17, 15) is 4.79 Å². The highest BCUT2D eigenvalue weighted by atomic mass is 16.5. The Hall–Kier alpha value is -1.31. The highest BCUT2D eigenvalue weighted by molar-refractivity contribution is 5.72. The maximum atomic E-state index is 11.5. The monoisotopic (exact) mass is 248 g/mol. The second kappa shape index (κ2) is 6.03. The molecule has 0 aliphatic heterocycles. The summed E-state index contributed by atoms with van der Waals surface area (Å²) in [5.74, 6) is -0.150. The largest absolute Gasteiger partial charge is 0.466 e. The van der Waals surface area contributed by atoms with Crippen molar-refractivity contribution >= 4 is 5.97 Å². The first-order chi connectivity index (χ1) is 8.39. The van der Waals surface area contributed by atoms with Gasteiger partial charge in [0.1, 0.15) is 0 Å². The van der Waals surface area contributed by atoms with Crippen molar-refractivity contribution in [3.8, 4) is 0 Å². The van der Waals surface area contributed by atoms with E-state index in [4.69, 9.17) is 4.74 Å². The quantitative estimate of drug-likeness (QED) is 0.741. The molecule has 0 saturated carbocycles. The van der Waals surface area contributed by atoms with Gasteiger partial charge in [-0.25, -0.2) is 0 Å². The van der Waals surface area contributed by atoms with E-state index in [0.29, 0.717) is 13.0 Å². The van der Waals surface area contributed by atoms with Crippen LogP contribution in [0.25, 0.3) is 0 Å². The van der Waals surface area contributed by atoms with Gasteiger partial charge >= 0.3 is 5.97 Å². The van der Waals surface area contributed by atoms with Crippen LogP contribution in [0.2, 0.25) is 0 Å². The fourth-order valence-corrected chi connectivity index (χ4v) is 1.94. The van der Waals surface area contributed by atoms with Crippen molar-refractivity contribution in [1.29, 1.82) is 0 Å². The number of hydrogen-bond acceptors (Lipinski definition) is 2. The van der Waals surface area contributed by atoms with Crippen molar-refractivity contribution in [2.75, 3.05) is 6.61 Å². The molecule has 1 aromatic carbocycles. The number of carbonyl (C=O) groups is 1. The lowest BCUT2D eigenvalue weighted by atomic mass is 9.81. The van der Waals surface area contributed by atoms with Gasteiger partial charge in [-0.05, 0) is 36.8 Å². The molecular weight excluding hydrogens is 224 g/mol. The molecule has 0 spiro atoms. The smallest absolute Gasteiger partial charge is 0.310 e. The molecular formula is C16H24O2. The number of rotatable bonds is 5. The van der Waals surface area contributed by atoms with E-state index in [1.165, 1.54) is 11.1 Å². The summed E-state index contributed by atoms with van der Waals surface area (Å²) in [5.41, 5.74) is 3.69. The summed E-state index contributed by atoms with van der Waals surface area (Å²) < 4.78 is 5.00. The van der Waals surface area contributed by atoms with Crippen LogP contribution in [0.3, 0.4) is 0 Å². The Kier molecular flexibility index (Phi) is 4.94. The SMILES string of the molecule is CCOC(=O)Cc1cc(C)cc(C(C)(C)CC)c1. The molecule has 0 amide bonds. The van der Waals surface area contributed by atoms with Crippen molar-refractivity contribution in [1.82, 2.24) is 0 Å². The summed E-state index contributed by atoms with van der Waals surface area (Å²) in [6, 6.07) is 6.40. The maximum absolute atomic E-state index is 11.5. The molecule has 1 aromatic rings. The Morgan fingerprint density at radius 2 is 1.89 bits per heavy atom. The van der Waals surface area contributed by atoms with E-state index in [1.807, 2.05) is 6.92 Å². The molecule has 0 bridgehead atoms. The lowest BCUT2D eigenvalue weighted by molar-refractivity contribution is -0.142. The van der Waals surface area contributed by atoms with Crippen LogP contribution in [0.1, 0.15) is 50.8 Å². The third kappa shape index (κ3) is 3.86. The Morgan fingerprint density at radius 1 is 1.22 bits per heavy atom. The molecule has 1 rings (SSSR count). The lowest BCUT2D eigenvalue weighted by Crippen LogP contribution is -2.16. The molecule has 2 nitrogen and oxygen atoms in total. The minimum atomic E-state index is -0.150. The van der Waals surface area contributed by atoms with E-state index in [2.05, 4.69) is 45.9 Å². The van der Waals surface area contributed by atoms with Gasteiger partial charge in [0, 0.05) is 0 Å². The van der Waals surface area contributed by atoms with E-state index >= 15 is 0 Å². The van der Waals surface area contributed by atoms with E-state index in [1.54, 1.807) is 0 Å². The van der Waals surface area contributed by atoms with Crippen LogP contribution in [0.4, 0.5) is 0 Å². The molecule has 2 heteroatoms. The van der Waals surface area contributed by atoms with E-state index in [-0.39, 0.29) is 11.4 Å². The van der Waals surface area contributed by atoms with E-state index < -0.39 is 0 Å². The van der Waals surface area contributed by atoms with Gasteiger partial charge in [0.05, 0.1) is 13.0 Å². The molecule has 0 aliphatic carbocycles. The molecule has 100 valence electrons. The first kappa shape index (κ1) is 14.7. The molecule has 0 unspecified atom stereocenters. The zero-order chi connectivity index (χ0) is 13.8. The van der Waals surface area contributed by atoms with Crippen molar-refractivity contribution < 1.29 is 9.53 Å². The second-order valence-corrected chi connectivity index (χ2v) is 5.43. The topological polar surface area (TPSA) is 26.3 Å². The number of benzene rings is 1. The first-order valence-electron chi connectivity index (χ1n) is 6.65.